The Morgan fingerprint density at radius 3 is 2.65 bits per heavy atom. The van der Waals surface area contributed by atoms with Crippen LogP contribution in [0.5, 0.6) is 0 Å². The van der Waals surface area contributed by atoms with Gasteiger partial charge in [0.25, 0.3) is 0 Å². The number of para-hydroxylation sites is 1. The molecule has 2 heterocycles. The fourth-order valence-corrected chi connectivity index (χ4v) is 3.44. The molecule has 0 spiro atoms. The minimum absolute atomic E-state index is 0.152. The molecule has 2 aromatic rings. The van der Waals surface area contributed by atoms with Gasteiger partial charge in [0.2, 0.25) is 0 Å². The van der Waals surface area contributed by atoms with Gasteiger partial charge in [-0.15, -0.1) is 0 Å². The minimum atomic E-state index is -0.152. The molecule has 6 heteroatoms. The van der Waals surface area contributed by atoms with Crippen LogP contribution in [0.4, 0.5) is 10.1 Å². The highest BCUT2D eigenvalue weighted by Crippen LogP contribution is 2.20. The Morgan fingerprint density at radius 1 is 1.22 bits per heavy atom. The summed E-state index contributed by atoms with van der Waals surface area (Å²) in [5.74, 6) is 0.755. The molecule has 0 saturated carbocycles. The van der Waals surface area contributed by atoms with Crippen molar-refractivity contribution in [3.05, 3.63) is 52.5 Å². The van der Waals surface area contributed by atoms with E-state index in [1.54, 1.807) is 24.5 Å². The molecule has 0 amide bonds. The Kier molecular flexibility index (Phi) is 5.12. The molecule has 1 aliphatic rings. The zero-order valence-electron chi connectivity index (χ0n) is 13.2. The maximum atomic E-state index is 13.9. The first-order valence-corrected chi connectivity index (χ1v) is 8.68. The summed E-state index contributed by atoms with van der Waals surface area (Å²) in [6.45, 7) is 4.03. The Bertz CT molecular complexity index is 648. The lowest BCUT2D eigenvalue weighted by Gasteiger charge is -2.37. The Labute approximate surface area is 140 Å². The molecule has 4 nitrogen and oxygen atoms in total. The van der Waals surface area contributed by atoms with Crippen molar-refractivity contribution in [2.24, 2.45) is 4.99 Å². The SMILES string of the molecule is CN=C(NCc1ccsc1)N1CCN(c2ccccc2F)CC1. The minimum Gasteiger partial charge on any atom is -0.366 e. The van der Waals surface area contributed by atoms with Gasteiger partial charge in [-0.2, -0.15) is 11.3 Å². The fourth-order valence-electron chi connectivity index (χ4n) is 2.77. The standard InChI is InChI=1S/C17H21FN4S/c1-19-17(20-12-14-6-11-23-13-14)22-9-7-21(8-10-22)16-5-3-2-4-15(16)18/h2-6,11,13H,7-10,12H2,1H3,(H,19,20). The molecule has 0 aliphatic carbocycles. The van der Waals surface area contributed by atoms with Crippen LogP contribution in [0, 0.1) is 5.82 Å². The normalized spacial score (nSPS) is 15.8. The number of benzene rings is 1. The number of rotatable bonds is 3. The molecular weight excluding hydrogens is 311 g/mol. The first-order valence-electron chi connectivity index (χ1n) is 7.74. The average molecular weight is 332 g/mol. The molecule has 1 aromatic carbocycles. The van der Waals surface area contributed by atoms with Gasteiger partial charge in [0.15, 0.2) is 5.96 Å². The van der Waals surface area contributed by atoms with E-state index < -0.39 is 0 Å². The van der Waals surface area contributed by atoms with Gasteiger partial charge in [-0.1, -0.05) is 12.1 Å². The van der Waals surface area contributed by atoms with E-state index >= 15 is 0 Å². The van der Waals surface area contributed by atoms with Crippen LogP contribution in [0.2, 0.25) is 0 Å². The van der Waals surface area contributed by atoms with E-state index in [1.165, 1.54) is 11.6 Å². The van der Waals surface area contributed by atoms with E-state index in [-0.39, 0.29) is 5.82 Å². The predicted octanol–water partition coefficient (Wildman–Crippen LogP) is 2.78. The van der Waals surface area contributed by atoms with Crippen LogP contribution in [0.3, 0.4) is 0 Å². The van der Waals surface area contributed by atoms with Crippen molar-refractivity contribution in [1.82, 2.24) is 10.2 Å². The van der Waals surface area contributed by atoms with Gasteiger partial charge in [-0.3, -0.25) is 4.99 Å². The molecule has 1 aliphatic heterocycles. The summed E-state index contributed by atoms with van der Waals surface area (Å²) in [7, 11) is 1.80. The Hall–Kier alpha value is -2.08. The van der Waals surface area contributed by atoms with Gasteiger partial charge in [0.1, 0.15) is 5.82 Å². The van der Waals surface area contributed by atoms with Crippen LogP contribution in [-0.2, 0) is 6.54 Å². The first kappa shape index (κ1) is 15.8. The number of anilines is 1. The lowest BCUT2D eigenvalue weighted by molar-refractivity contribution is 0.370. The van der Waals surface area contributed by atoms with Crippen molar-refractivity contribution in [2.75, 3.05) is 38.1 Å². The van der Waals surface area contributed by atoms with Gasteiger partial charge in [0.05, 0.1) is 5.69 Å². The number of nitrogens with zero attached hydrogens (tertiary/aromatic N) is 3. The van der Waals surface area contributed by atoms with E-state index in [2.05, 4.69) is 36.9 Å². The number of hydrogen-bond acceptors (Lipinski definition) is 3. The van der Waals surface area contributed by atoms with Crippen LogP contribution in [-0.4, -0.2) is 44.1 Å². The van der Waals surface area contributed by atoms with E-state index in [0.717, 1.165) is 38.7 Å². The van der Waals surface area contributed by atoms with Gasteiger partial charge >= 0.3 is 0 Å². The number of thiophene rings is 1. The highest BCUT2D eigenvalue weighted by atomic mass is 32.1. The van der Waals surface area contributed by atoms with E-state index in [1.807, 2.05) is 12.1 Å². The van der Waals surface area contributed by atoms with Crippen LogP contribution in [0.25, 0.3) is 0 Å². The Morgan fingerprint density at radius 2 is 2.00 bits per heavy atom. The van der Waals surface area contributed by atoms with Gasteiger partial charge in [-0.25, -0.2) is 4.39 Å². The van der Waals surface area contributed by atoms with Crippen LogP contribution in [0.1, 0.15) is 5.56 Å². The van der Waals surface area contributed by atoms with E-state index in [9.17, 15) is 4.39 Å². The largest absolute Gasteiger partial charge is 0.366 e. The van der Waals surface area contributed by atoms with Gasteiger partial charge in [0, 0.05) is 39.8 Å². The van der Waals surface area contributed by atoms with Crippen molar-refractivity contribution in [3.63, 3.8) is 0 Å². The van der Waals surface area contributed by atoms with Crippen molar-refractivity contribution >= 4 is 23.0 Å². The number of guanidine groups is 1. The predicted molar refractivity (Wildman–Crippen MR) is 94.7 cm³/mol. The maximum absolute atomic E-state index is 13.9. The molecule has 0 atom stereocenters. The quantitative estimate of drug-likeness (QED) is 0.693. The van der Waals surface area contributed by atoms with Gasteiger partial charge in [-0.05, 0) is 34.5 Å². The smallest absolute Gasteiger partial charge is 0.194 e. The van der Waals surface area contributed by atoms with Crippen molar-refractivity contribution in [1.29, 1.82) is 0 Å². The summed E-state index contributed by atoms with van der Waals surface area (Å²) < 4.78 is 13.9. The molecule has 23 heavy (non-hydrogen) atoms. The van der Waals surface area contributed by atoms with Crippen LogP contribution < -0.4 is 10.2 Å². The zero-order chi connectivity index (χ0) is 16.1. The fraction of sp³-hybridized carbons (Fsp3) is 0.353. The number of halogens is 1. The van der Waals surface area contributed by atoms with E-state index in [0.29, 0.717) is 5.69 Å². The molecule has 1 saturated heterocycles. The lowest BCUT2D eigenvalue weighted by atomic mass is 10.2. The molecule has 122 valence electrons. The molecule has 3 rings (SSSR count). The average Bonchev–Trinajstić information content (AvgIpc) is 3.10. The summed E-state index contributed by atoms with van der Waals surface area (Å²) in [6, 6.07) is 9.08. The van der Waals surface area contributed by atoms with Crippen LogP contribution in [0.15, 0.2) is 46.1 Å². The van der Waals surface area contributed by atoms with Crippen LogP contribution >= 0.6 is 11.3 Å². The van der Waals surface area contributed by atoms with Crippen molar-refractivity contribution in [2.45, 2.75) is 6.54 Å². The number of aliphatic imine (C=N–C) groups is 1. The second kappa shape index (κ2) is 7.46. The second-order valence-corrected chi connectivity index (χ2v) is 6.24. The monoisotopic (exact) mass is 332 g/mol. The summed E-state index contributed by atoms with van der Waals surface area (Å²) >= 11 is 1.70. The third kappa shape index (κ3) is 3.82. The Balaban J connectivity index is 1.56. The van der Waals surface area contributed by atoms with Crippen molar-refractivity contribution < 1.29 is 4.39 Å². The summed E-state index contributed by atoms with van der Waals surface area (Å²) in [4.78, 5) is 8.69. The molecule has 0 bridgehead atoms. The lowest BCUT2D eigenvalue weighted by Crippen LogP contribution is -2.52. The summed E-state index contributed by atoms with van der Waals surface area (Å²) in [6.07, 6.45) is 0. The number of nitrogens with one attached hydrogen (secondary N) is 1. The molecule has 1 aromatic heterocycles. The zero-order valence-corrected chi connectivity index (χ0v) is 14.0. The topological polar surface area (TPSA) is 30.9 Å². The summed E-state index contributed by atoms with van der Waals surface area (Å²) in [5.41, 5.74) is 1.95. The maximum Gasteiger partial charge on any atom is 0.194 e. The molecular formula is C17H21FN4S. The third-order valence-corrected chi connectivity index (χ3v) is 4.75. The molecule has 1 fully saturated rings. The van der Waals surface area contributed by atoms with Crippen molar-refractivity contribution in [3.8, 4) is 0 Å². The highest BCUT2D eigenvalue weighted by molar-refractivity contribution is 7.07. The molecule has 1 N–H and O–H groups in total. The van der Waals surface area contributed by atoms with Gasteiger partial charge < -0.3 is 15.1 Å². The summed E-state index contributed by atoms with van der Waals surface area (Å²) in [5, 5.41) is 7.61. The van der Waals surface area contributed by atoms with E-state index in [4.69, 9.17) is 0 Å². The second-order valence-electron chi connectivity index (χ2n) is 5.46. The number of hydrogen-bond donors (Lipinski definition) is 1. The molecule has 0 unspecified atom stereocenters. The highest BCUT2D eigenvalue weighted by Gasteiger charge is 2.21. The number of piperazine rings is 1. The third-order valence-electron chi connectivity index (χ3n) is 4.01. The molecule has 0 radical (unpaired) electrons. The first-order chi connectivity index (χ1) is 11.3.